The van der Waals surface area contributed by atoms with E-state index in [1.165, 1.54) is 25.7 Å². The predicted molar refractivity (Wildman–Crippen MR) is 89.7 cm³/mol. The van der Waals surface area contributed by atoms with Crippen LogP contribution in [-0.4, -0.2) is 38.5 Å². The molecule has 0 spiro atoms. The Labute approximate surface area is 132 Å². The van der Waals surface area contributed by atoms with Crippen LogP contribution in [0.2, 0.25) is 0 Å². The molecule has 1 rings (SSSR count). The van der Waals surface area contributed by atoms with Gasteiger partial charge < -0.3 is 14.8 Å². The van der Waals surface area contributed by atoms with Gasteiger partial charge in [-0.3, -0.25) is 0 Å². The van der Waals surface area contributed by atoms with Crippen molar-refractivity contribution in [3.05, 3.63) is 0 Å². The van der Waals surface area contributed by atoms with Crippen molar-refractivity contribution >= 4 is 0 Å². The van der Waals surface area contributed by atoms with Crippen LogP contribution in [0.15, 0.2) is 0 Å². The van der Waals surface area contributed by atoms with Crippen LogP contribution >= 0.6 is 0 Å². The Balaban J connectivity index is 2.86. The molecule has 0 aliphatic heterocycles. The zero-order chi connectivity index (χ0) is 15.9. The Bertz CT molecular complexity index is 281. The molecule has 1 aliphatic rings. The third kappa shape index (κ3) is 5.22. The summed E-state index contributed by atoms with van der Waals surface area (Å²) in [7, 11) is 1.79. The molecule has 3 nitrogen and oxygen atoms in total. The molecule has 0 saturated heterocycles. The summed E-state index contributed by atoms with van der Waals surface area (Å²) in [4.78, 5) is 0. The van der Waals surface area contributed by atoms with Crippen LogP contribution in [0, 0.1) is 11.3 Å². The standard InChI is InChI=1S/C18H37NO2/c1-7-19-16(15(3)9-14-20-6)18(21-8-2)12-10-17(4,5)11-13-18/h15-16,19H,7-14H2,1-6H3. The van der Waals surface area contributed by atoms with E-state index in [-0.39, 0.29) is 5.60 Å². The number of hydrogen-bond acceptors (Lipinski definition) is 3. The van der Waals surface area contributed by atoms with Gasteiger partial charge in [-0.15, -0.1) is 0 Å². The first-order valence-electron chi connectivity index (χ1n) is 8.77. The highest BCUT2D eigenvalue weighted by Crippen LogP contribution is 2.45. The van der Waals surface area contributed by atoms with Gasteiger partial charge in [0.15, 0.2) is 0 Å². The average Bonchev–Trinajstić information content (AvgIpc) is 2.45. The zero-order valence-electron chi connectivity index (χ0n) is 15.1. The van der Waals surface area contributed by atoms with Crippen molar-refractivity contribution in [2.24, 2.45) is 11.3 Å². The molecule has 1 fully saturated rings. The van der Waals surface area contributed by atoms with E-state index in [1.54, 1.807) is 7.11 Å². The maximum Gasteiger partial charge on any atom is 0.0837 e. The highest BCUT2D eigenvalue weighted by atomic mass is 16.5. The maximum atomic E-state index is 6.38. The van der Waals surface area contributed by atoms with Gasteiger partial charge in [0.2, 0.25) is 0 Å². The molecular weight excluding hydrogens is 262 g/mol. The molecule has 2 unspecified atom stereocenters. The number of nitrogens with one attached hydrogen (secondary N) is 1. The highest BCUT2D eigenvalue weighted by Gasteiger charge is 2.46. The molecule has 3 heteroatoms. The second-order valence-corrected chi connectivity index (χ2v) is 7.46. The van der Waals surface area contributed by atoms with Crippen molar-refractivity contribution in [1.29, 1.82) is 0 Å². The molecule has 0 aromatic carbocycles. The minimum absolute atomic E-state index is 0.00738. The Morgan fingerprint density at radius 3 is 2.19 bits per heavy atom. The summed E-state index contributed by atoms with van der Waals surface area (Å²) in [6.07, 6.45) is 5.94. The number of likely N-dealkylation sites (N-methyl/N-ethyl adjacent to an activating group) is 1. The number of methoxy groups -OCH3 is 1. The van der Waals surface area contributed by atoms with Gasteiger partial charge >= 0.3 is 0 Å². The second-order valence-electron chi connectivity index (χ2n) is 7.46. The van der Waals surface area contributed by atoms with Gasteiger partial charge in [-0.25, -0.2) is 0 Å². The highest BCUT2D eigenvalue weighted by molar-refractivity contribution is 5.00. The molecule has 126 valence electrons. The summed E-state index contributed by atoms with van der Waals surface area (Å²) >= 11 is 0. The summed E-state index contributed by atoms with van der Waals surface area (Å²) in [5.41, 5.74) is 0.473. The van der Waals surface area contributed by atoms with Gasteiger partial charge in [-0.05, 0) is 56.9 Å². The second kappa shape index (κ2) is 8.50. The van der Waals surface area contributed by atoms with Gasteiger partial charge in [0.05, 0.1) is 5.60 Å². The fourth-order valence-corrected chi connectivity index (χ4v) is 3.78. The van der Waals surface area contributed by atoms with Gasteiger partial charge in [0.25, 0.3) is 0 Å². The van der Waals surface area contributed by atoms with Crippen LogP contribution in [0.5, 0.6) is 0 Å². The lowest BCUT2D eigenvalue weighted by atomic mass is 9.66. The minimum Gasteiger partial charge on any atom is -0.385 e. The van der Waals surface area contributed by atoms with Gasteiger partial charge in [-0.1, -0.05) is 27.7 Å². The Morgan fingerprint density at radius 1 is 1.10 bits per heavy atom. The van der Waals surface area contributed by atoms with Crippen LogP contribution < -0.4 is 5.32 Å². The van der Waals surface area contributed by atoms with E-state index < -0.39 is 0 Å². The Morgan fingerprint density at radius 2 is 1.71 bits per heavy atom. The topological polar surface area (TPSA) is 30.5 Å². The zero-order valence-corrected chi connectivity index (χ0v) is 15.1. The third-order valence-corrected chi connectivity index (χ3v) is 5.22. The molecule has 0 aromatic heterocycles. The Hall–Kier alpha value is -0.120. The third-order valence-electron chi connectivity index (χ3n) is 5.22. The van der Waals surface area contributed by atoms with E-state index in [0.717, 1.165) is 26.2 Å². The maximum absolute atomic E-state index is 6.38. The molecule has 2 atom stereocenters. The van der Waals surface area contributed by atoms with Crippen LogP contribution in [0.3, 0.4) is 0 Å². The molecule has 0 radical (unpaired) electrons. The summed E-state index contributed by atoms with van der Waals surface area (Å²) in [6, 6.07) is 0.425. The summed E-state index contributed by atoms with van der Waals surface area (Å²) in [5.74, 6) is 0.567. The number of rotatable bonds is 9. The van der Waals surface area contributed by atoms with Crippen LogP contribution in [-0.2, 0) is 9.47 Å². The molecule has 0 aromatic rings. The van der Waals surface area contributed by atoms with E-state index in [0.29, 0.717) is 17.4 Å². The van der Waals surface area contributed by atoms with Crippen molar-refractivity contribution in [3.8, 4) is 0 Å². The van der Waals surface area contributed by atoms with E-state index in [2.05, 4.69) is 39.9 Å². The van der Waals surface area contributed by atoms with Gasteiger partial charge in [-0.2, -0.15) is 0 Å². The molecule has 0 heterocycles. The molecular formula is C18H37NO2. The van der Waals surface area contributed by atoms with Crippen molar-refractivity contribution in [1.82, 2.24) is 5.32 Å². The average molecular weight is 299 g/mol. The molecule has 1 N–H and O–H groups in total. The Kier molecular flexibility index (Phi) is 7.66. The van der Waals surface area contributed by atoms with Crippen molar-refractivity contribution in [2.45, 2.75) is 78.4 Å². The first-order valence-corrected chi connectivity index (χ1v) is 8.77. The minimum atomic E-state index is 0.00738. The predicted octanol–water partition coefficient (Wildman–Crippen LogP) is 4.01. The number of ether oxygens (including phenoxy) is 2. The largest absolute Gasteiger partial charge is 0.385 e. The van der Waals surface area contributed by atoms with Crippen molar-refractivity contribution in [3.63, 3.8) is 0 Å². The first kappa shape index (κ1) is 18.9. The van der Waals surface area contributed by atoms with Crippen LogP contribution in [0.25, 0.3) is 0 Å². The molecule has 1 saturated carbocycles. The van der Waals surface area contributed by atoms with Crippen molar-refractivity contribution < 1.29 is 9.47 Å². The molecule has 0 bridgehead atoms. The quantitative estimate of drug-likeness (QED) is 0.697. The first-order chi connectivity index (χ1) is 9.90. The van der Waals surface area contributed by atoms with Gasteiger partial charge in [0, 0.05) is 26.4 Å². The lowest BCUT2D eigenvalue weighted by molar-refractivity contribution is -0.117. The lowest BCUT2D eigenvalue weighted by Gasteiger charge is -2.49. The van der Waals surface area contributed by atoms with Crippen molar-refractivity contribution in [2.75, 3.05) is 26.9 Å². The van der Waals surface area contributed by atoms with Gasteiger partial charge in [0.1, 0.15) is 0 Å². The summed E-state index contributed by atoms with van der Waals surface area (Å²) in [6.45, 7) is 14.1. The SMILES string of the molecule is CCNC(C(C)CCOC)C1(OCC)CCC(C)(C)CC1. The van der Waals surface area contributed by atoms with E-state index in [9.17, 15) is 0 Å². The van der Waals surface area contributed by atoms with Crippen LogP contribution in [0.1, 0.15) is 66.7 Å². The monoisotopic (exact) mass is 299 g/mol. The molecule has 0 amide bonds. The van der Waals surface area contributed by atoms with E-state index in [1.807, 2.05) is 0 Å². The lowest BCUT2D eigenvalue weighted by Crippen LogP contribution is -2.58. The molecule has 21 heavy (non-hydrogen) atoms. The summed E-state index contributed by atoms with van der Waals surface area (Å²) in [5, 5.41) is 3.73. The number of hydrogen-bond donors (Lipinski definition) is 1. The molecule has 1 aliphatic carbocycles. The van der Waals surface area contributed by atoms with E-state index >= 15 is 0 Å². The van der Waals surface area contributed by atoms with E-state index in [4.69, 9.17) is 9.47 Å². The normalized spacial score (nSPS) is 23.7. The fourth-order valence-electron chi connectivity index (χ4n) is 3.78. The fraction of sp³-hybridized carbons (Fsp3) is 1.00. The smallest absolute Gasteiger partial charge is 0.0837 e. The van der Waals surface area contributed by atoms with Crippen LogP contribution in [0.4, 0.5) is 0 Å². The summed E-state index contributed by atoms with van der Waals surface area (Å²) < 4.78 is 11.7.